The standard InChI is InChI=1S/C18H17ClN2O2/c19-15-7-8-16(14-6-2-1-5-13(14)15)23-11-17(22)21-18(12-20)9-3-4-10-18/h1-2,5-8H,3-4,9-11H2,(H,21,22). The van der Waals surface area contributed by atoms with Gasteiger partial charge in [0.05, 0.1) is 6.07 Å². The summed E-state index contributed by atoms with van der Waals surface area (Å²) in [5.74, 6) is 0.338. The second-order valence-corrected chi connectivity index (χ2v) is 6.24. The molecule has 0 atom stereocenters. The number of rotatable bonds is 4. The third-order valence-corrected chi connectivity index (χ3v) is 4.57. The van der Waals surface area contributed by atoms with Gasteiger partial charge in [-0.05, 0) is 37.8 Å². The van der Waals surface area contributed by atoms with E-state index in [1.807, 2.05) is 24.3 Å². The number of benzene rings is 2. The highest BCUT2D eigenvalue weighted by Crippen LogP contribution is 2.31. The van der Waals surface area contributed by atoms with Crippen molar-refractivity contribution >= 4 is 28.3 Å². The highest BCUT2D eigenvalue weighted by molar-refractivity contribution is 6.35. The fraction of sp³-hybridized carbons (Fsp3) is 0.333. The third kappa shape index (κ3) is 3.25. The summed E-state index contributed by atoms with van der Waals surface area (Å²) in [6.07, 6.45) is 3.35. The lowest BCUT2D eigenvalue weighted by atomic mass is 10.00. The largest absolute Gasteiger partial charge is 0.483 e. The van der Waals surface area contributed by atoms with E-state index in [4.69, 9.17) is 16.3 Å². The van der Waals surface area contributed by atoms with Crippen LogP contribution in [0.15, 0.2) is 36.4 Å². The molecule has 1 amide bonds. The molecule has 0 radical (unpaired) electrons. The highest BCUT2D eigenvalue weighted by Gasteiger charge is 2.35. The minimum absolute atomic E-state index is 0.116. The van der Waals surface area contributed by atoms with Crippen LogP contribution in [0.4, 0.5) is 0 Å². The Kier molecular flexibility index (Phi) is 4.40. The average Bonchev–Trinajstić information content (AvgIpc) is 3.03. The predicted molar refractivity (Wildman–Crippen MR) is 89.4 cm³/mol. The lowest BCUT2D eigenvalue weighted by molar-refractivity contribution is -0.124. The predicted octanol–water partition coefficient (Wildman–Crippen LogP) is 3.82. The molecule has 2 aromatic rings. The Balaban J connectivity index is 1.70. The maximum absolute atomic E-state index is 12.1. The van der Waals surface area contributed by atoms with Crippen LogP contribution < -0.4 is 10.1 Å². The molecule has 0 aromatic heterocycles. The molecule has 0 heterocycles. The number of nitriles is 1. The van der Waals surface area contributed by atoms with Crippen LogP contribution in [0, 0.1) is 11.3 Å². The fourth-order valence-electron chi connectivity index (χ4n) is 3.05. The summed E-state index contributed by atoms with van der Waals surface area (Å²) in [5.41, 5.74) is -0.720. The number of halogens is 1. The third-order valence-electron chi connectivity index (χ3n) is 4.24. The van der Waals surface area contributed by atoms with Gasteiger partial charge in [0.2, 0.25) is 0 Å². The zero-order valence-electron chi connectivity index (χ0n) is 12.6. The molecule has 1 aliphatic carbocycles. The zero-order chi connectivity index (χ0) is 16.3. The molecule has 0 spiro atoms. The highest BCUT2D eigenvalue weighted by atomic mass is 35.5. The van der Waals surface area contributed by atoms with Crippen molar-refractivity contribution in [2.45, 2.75) is 31.2 Å². The second kappa shape index (κ2) is 6.47. The number of amides is 1. The van der Waals surface area contributed by atoms with Crippen LogP contribution >= 0.6 is 11.6 Å². The molecule has 1 saturated carbocycles. The zero-order valence-corrected chi connectivity index (χ0v) is 13.4. The number of carbonyl (C=O) groups is 1. The minimum atomic E-state index is -0.720. The van der Waals surface area contributed by atoms with Gasteiger partial charge in [-0.2, -0.15) is 5.26 Å². The summed E-state index contributed by atoms with van der Waals surface area (Å²) in [6.45, 7) is -0.116. The van der Waals surface area contributed by atoms with Crippen molar-refractivity contribution in [1.29, 1.82) is 5.26 Å². The van der Waals surface area contributed by atoms with Gasteiger partial charge < -0.3 is 10.1 Å². The molecule has 1 aliphatic rings. The van der Waals surface area contributed by atoms with E-state index in [1.165, 1.54) is 0 Å². The van der Waals surface area contributed by atoms with Crippen LogP contribution in [0.25, 0.3) is 10.8 Å². The molecule has 0 saturated heterocycles. The Morgan fingerprint density at radius 1 is 1.22 bits per heavy atom. The lowest BCUT2D eigenvalue weighted by Gasteiger charge is -2.22. The molecule has 0 unspecified atom stereocenters. The maximum Gasteiger partial charge on any atom is 0.259 e. The van der Waals surface area contributed by atoms with Crippen molar-refractivity contribution in [3.63, 3.8) is 0 Å². The fourth-order valence-corrected chi connectivity index (χ4v) is 3.28. The Morgan fingerprint density at radius 2 is 1.91 bits per heavy atom. The second-order valence-electron chi connectivity index (χ2n) is 5.83. The first-order chi connectivity index (χ1) is 11.1. The van der Waals surface area contributed by atoms with Gasteiger partial charge >= 0.3 is 0 Å². The van der Waals surface area contributed by atoms with E-state index in [9.17, 15) is 10.1 Å². The Hall–Kier alpha value is -2.25. The molecular weight excluding hydrogens is 312 g/mol. The van der Waals surface area contributed by atoms with Crippen molar-refractivity contribution in [3.8, 4) is 11.8 Å². The van der Waals surface area contributed by atoms with Gasteiger partial charge in [-0.25, -0.2) is 0 Å². The van der Waals surface area contributed by atoms with Crippen molar-refractivity contribution in [2.24, 2.45) is 0 Å². The van der Waals surface area contributed by atoms with E-state index in [1.54, 1.807) is 12.1 Å². The molecule has 23 heavy (non-hydrogen) atoms. The number of hydrogen-bond acceptors (Lipinski definition) is 3. The van der Waals surface area contributed by atoms with Crippen LogP contribution in [-0.2, 0) is 4.79 Å². The van der Waals surface area contributed by atoms with Crippen molar-refractivity contribution in [1.82, 2.24) is 5.32 Å². The molecular formula is C18H17ClN2O2. The van der Waals surface area contributed by atoms with Crippen LogP contribution in [0.5, 0.6) is 5.75 Å². The summed E-state index contributed by atoms with van der Waals surface area (Å²) < 4.78 is 5.66. The molecule has 0 aliphatic heterocycles. The van der Waals surface area contributed by atoms with Crippen molar-refractivity contribution in [2.75, 3.05) is 6.61 Å². The minimum Gasteiger partial charge on any atom is -0.483 e. The molecule has 118 valence electrons. The number of hydrogen-bond donors (Lipinski definition) is 1. The van der Waals surface area contributed by atoms with E-state index >= 15 is 0 Å². The monoisotopic (exact) mass is 328 g/mol. The van der Waals surface area contributed by atoms with Gasteiger partial charge in [0.25, 0.3) is 5.91 Å². The number of nitrogens with one attached hydrogen (secondary N) is 1. The van der Waals surface area contributed by atoms with Crippen molar-refractivity contribution < 1.29 is 9.53 Å². The van der Waals surface area contributed by atoms with E-state index in [-0.39, 0.29) is 12.5 Å². The van der Waals surface area contributed by atoms with Gasteiger partial charge in [0, 0.05) is 15.8 Å². The lowest BCUT2D eigenvalue weighted by Crippen LogP contribution is -2.47. The first kappa shape index (κ1) is 15.6. The first-order valence-electron chi connectivity index (χ1n) is 7.66. The normalized spacial score (nSPS) is 16.0. The van der Waals surface area contributed by atoms with Gasteiger partial charge in [-0.3, -0.25) is 4.79 Å². The quantitative estimate of drug-likeness (QED) is 0.928. The van der Waals surface area contributed by atoms with Crippen LogP contribution in [0.3, 0.4) is 0 Å². The molecule has 1 fully saturated rings. The van der Waals surface area contributed by atoms with E-state index in [2.05, 4.69) is 11.4 Å². The van der Waals surface area contributed by atoms with Crippen molar-refractivity contribution in [3.05, 3.63) is 41.4 Å². The molecule has 1 N–H and O–H groups in total. The summed E-state index contributed by atoms with van der Waals surface area (Å²) in [7, 11) is 0. The van der Waals surface area contributed by atoms with Gasteiger partial charge in [-0.15, -0.1) is 0 Å². The smallest absolute Gasteiger partial charge is 0.259 e. The first-order valence-corrected chi connectivity index (χ1v) is 8.04. The van der Waals surface area contributed by atoms with Crippen LogP contribution in [0.1, 0.15) is 25.7 Å². The molecule has 5 heteroatoms. The summed E-state index contributed by atoms with van der Waals surface area (Å²) in [5, 5.41) is 14.5. The molecule has 2 aromatic carbocycles. The van der Waals surface area contributed by atoms with E-state index in [0.29, 0.717) is 23.6 Å². The number of nitrogens with zero attached hydrogens (tertiary/aromatic N) is 1. The van der Waals surface area contributed by atoms with Crippen LogP contribution in [0.2, 0.25) is 5.02 Å². The van der Waals surface area contributed by atoms with Gasteiger partial charge in [-0.1, -0.05) is 35.9 Å². The Bertz CT molecular complexity index is 776. The number of carbonyl (C=O) groups excluding carboxylic acids is 1. The van der Waals surface area contributed by atoms with Gasteiger partial charge in [0.1, 0.15) is 11.3 Å². The SMILES string of the molecule is N#CC1(NC(=O)COc2ccc(Cl)c3ccccc23)CCCC1. The van der Waals surface area contributed by atoms with E-state index in [0.717, 1.165) is 23.6 Å². The Labute approximate surface area is 140 Å². The topological polar surface area (TPSA) is 62.1 Å². The summed E-state index contributed by atoms with van der Waals surface area (Å²) in [6, 6.07) is 13.4. The Morgan fingerprint density at radius 3 is 2.61 bits per heavy atom. The van der Waals surface area contributed by atoms with Gasteiger partial charge in [0.15, 0.2) is 6.61 Å². The number of fused-ring (bicyclic) bond motifs is 1. The summed E-state index contributed by atoms with van der Waals surface area (Å²) in [4.78, 5) is 12.1. The summed E-state index contributed by atoms with van der Waals surface area (Å²) >= 11 is 6.17. The number of ether oxygens (including phenoxy) is 1. The average molecular weight is 329 g/mol. The molecule has 3 rings (SSSR count). The maximum atomic E-state index is 12.1. The van der Waals surface area contributed by atoms with Crippen LogP contribution in [-0.4, -0.2) is 18.1 Å². The molecule has 0 bridgehead atoms. The van der Waals surface area contributed by atoms with E-state index < -0.39 is 5.54 Å². The molecule has 4 nitrogen and oxygen atoms in total.